The maximum Gasteiger partial charge on any atom is 0.236 e. The molecule has 2 atom stereocenters. The van der Waals surface area contributed by atoms with Crippen molar-refractivity contribution in [2.75, 3.05) is 6.54 Å². The van der Waals surface area contributed by atoms with Gasteiger partial charge in [0.25, 0.3) is 0 Å². The molecule has 112 valence electrons. The molecule has 0 saturated carbocycles. The second-order valence-electron chi connectivity index (χ2n) is 5.26. The van der Waals surface area contributed by atoms with Gasteiger partial charge < -0.3 is 5.32 Å². The fourth-order valence-electron chi connectivity index (χ4n) is 1.97. The van der Waals surface area contributed by atoms with E-state index in [1.807, 2.05) is 19.9 Å². The highest BCUT2D eigenvalue weighted by molar-refractivity contribution is 5.81. The number of amides is 1. The molecule has 0 aromatic heterocycles. The second-order valence-corrected chi connectivity index (χ2v) is 5.26. The molecule has 2 N–H and O–H groups in total. The Labute approximate surface area is 121 Å². The minimum atomic E-state index is -0.300. The monoisotopic (exact) mass is 280 g/mol. The standard InChI is InChI=1S/C16H25FN2O/c1-5-6-9-18-16(20)13(4)19-12(3)14-8-7-11(2)15(17)10-14/h7-8,10,12-13,19H,5-6,9H2,1-4H3,(H,18,20). The Balaban J connectivity index is 2.53. The summed E-state index contributed by atoms with van der Waals surface area (Å²) in [5, 5.41) is 6.08. The molecular weight excluding hydrogens is 255 g/mol. The summed E-state index contributed by atoms with van der Waals surface area (Å²) >= 11 is 0. The van der Waals surface area contributed by atoms with Crippen LogP contribution in [0.5, 0.6) is 0 Å². The third-order valence-corrected chi connectivity index (χ3v) is 3.42. The molecule has 3 nitrogen and oxygen atoms in total. The smallest absolute Gasteiger partial charge is 0.236 e. The van der Waals surface area contributed by atoms with Gasteiger partial charge in [0.2, 0.25) is 5.91 Å². The number of benzene rings is 1. The van der Waals surface area contributed by atoms with Gasteiger partial charge in [0.05, 0.1) is 6.04 Å². The Morgan fingerprint density at radius 1 is 1.35 bits per heavy atom. The van der Waals surface area contributed by atoms with Crippen molar-refractivity contribution in [3.05, 3.63) is 35.1 Å². The van der Waals surface area contributed by atoms with Crippen LogP contribution in [0.2, 0.25) is 0 Å². The van der Waals surface area contributed by atoms with Crippen molar-refractivity contribution in [2.24, 2.45) is 0 Å². The number of rotatable bonds is 7. The molecule has 1 rings (SSSR count). The van der Waals surface area contributed by atoms with Crippen LogP contribution in [0.25, 0.3) is 0 Å². The molecule has 0 heterocycles. The van der Waals surface area contributed by atoms with Gasteiger partial charge in [0.15, 0.2) is 0 Å². The summed E-state index contributed by atoms with van der Waals surface area (Å²) < 4.78 is 13.5. The molecule has 1 aromatic rings. The van der Waals surface area contributed by atoms with Crippen molar-refractivity contribution >= 4 is 5.91 Å². The molecule has 4 heteroatoms. The molecule has 1 amide bonds. The van der Waals surface area contributed by atoms with E-state index in [0.717, 1.165) is 18.4 Å². The first kappa shape index (κ1) is 16.6. The average Bonchev–Trinajstić information content (AvgIpc) is 2.41. The van der Waals surface area contributed by atoms with Crippen LogP contribution in [0.4, 0.5) is 4.39 Å². The predicted molar refractivity (Wildman–Crippen MR) is 80.1 cm³/mol. The van der Waals surface area contributed by atoms with Crippen molar-refractivity contribution in [3.63, 3.8) is 0 Å². The van der Waals surface area contributed by atoms with Crippen LogP contribution in [-0.4, -0.2) is 18.5 Å². The molecule has 0 aliphatic carbocycles. The molecule has 2 unspecified atom stereocenters. The summed E-state index contributed by atoms with van der Waals surface area (Å²) in [4.78, 5) is 11.9. The fraction of sp³-hybridized carbons (Fsp3) is 0.562. The van der Waals surface area contributed by atoms with Crippen molar-refractivity contribution in [1.82, 2.24) is 10.6 Å². The van der Waals surface area contributed by atoms with Crippen LogP contribution >= 0.6 is 0 Å². The van der Waals surface area contributed by atoms with Gasteiger partial charge >= 0.3 is 0 Å². The zero-order valence-corrected chi connectivity index (χ0v) is 12.8. The van der Waals surface area contributed by atoms with Crippen LogP contribution in [0.3, 0.4) is 0 Å². The van der Waals surface area contributed by atoms with Gasteiger partial charge in [-0.05, 0) is 44.4 Å². The quantitative estimate of drug-likeness (QED) is 0.754. The first-order valence-corrected chi connectivity index (χ1v) is 7.25. The van der Waals surface area contributed by atoms with E-state index in [9.17, 15) is 9.18 Å². The lowest BCUT2D eigenvalue weighted by molar-refractivity contribution is -0.122. The highest BCUT2D eigenvalue weighted by Crippen LogP contribution is 2.16. The van der Waals surface area contributed by atoms with Crippen molar-refractivity contribution in [2.45, 2.75) is 52.6 Å². The number of hydrogen-bond acceptors (Lipinski definition) is 2. The predicted octanol–water partition coefficient (Wildman–Crippen LogP) is 3.09. The minimum Gasteiger partial charge on any atom is -0.355 e. The molecule has 0 aliphatic rings. The largest absolute Gasteiger partial charge is 0.355 e. The van der Waals surface area contributed by atoms with Gasteiger partial charge in [-0.1, -0.05) is 25.5 Å². The first-order valence-electron chi connectivity index (χ1n) is 7.25. The van der Waals surface area contributed by atoms with Crippen LogP contribution in [-0.2, 0) is 4.79 Å². The fourth-order valence-corrected chi connectivity index (χ4v) is 1.97. The van der Waals surface area contributed by atoms with Crippen molar-refractivity contribution < 1.29 is 9.18 Å². The van der Waals surface area contributed by atoms with Crippen LogP contribution in [0.15, 0.2) is 18.2 Å². The van der Waals surface area contributed by atoms with Gasteiger partial charge in [-0.2, -0.15) is 0 Å². The average molecular weight is 280 g/mol. The summed E-state index contributed by atoms with van der Waals surface area (Å²) in [7, 11) is 0. The van der Waals surface area contributed by atoms with Crippen molar-refractivity contribution in [1.29, 1.82) is 0 Å². The maximum atomic E-state index is 13.5. The van der Waals surface area contributed by atoms with E-state index in [4.69, 9.17) is 0 Å². The number of nitrogens with one attached hydrogen (secondary N) is 2. The Bertz CT molecular complexity index is 448. The number of halogens is 1. The number of carbonyl (C=O) groups excluding carboxylic acids is 1. The third kappa shape index (κ3) is 4.93. The van der Waals surface area contributed by atoms with Crippen molar-refractivity contribution in [3.8, 4) is 0 Å². The molecule has 0 radical (unpaired) electrons. The Hall–Kier alpha value is -1.42. The minimum absolute atomic E-state index is 0.0158. The van der Waals surface area contributed by atoms with E-state index in [-0.39, 0.29) is 23.8 Å². The Morgan fingerprint density at radius 3 is 2.65 bits per heavy atom. The Morgan fingerprint density at radius 2 is 2.05 bits per heavy atom. The zero-order chi connectivity index (χ0) is 15.1. The van der Waals surface area contributed by atoms with Gasteiger partial charge in [-0.3, -0.25) is 10.1 Å². The second kappa shape index (κ2) is 8.00. The van der Waals surface area contributed by atoms with E-state index in [2.05, 4.69) is 17.6 Å². The molecule has 0 fully saturated rings. The first-order chi connectivity index (χ1) is 9.45. The summed E-state index contributed by atoms with van der Waals surface area (Å²) in [6.07, 6.45) is 2.04. The lowest BCUT2D eigenvalue weighted by atomic mass is 10.1. The molecule has 0 saturated heterocycles. The van der Waals surface area contributed by atoms with Gasteiger partial charge in [-0.15, -0.1) is 0 Å². The number of hydrogen-bond donors (Lipinski definition) is 2. The van der Waals surface area contributed by atoms with Gasteiger partial charge in [0, 0.05) is 12.6 Å². The molecule has 20 heavy (non-hydrogen) atoms. The lowest BCUT2D eigenvalue weighted by Gasteiger charge is -2.20. The van der Waals surface area contributed by atoms with E-state index < -0.39 is 0 Å². The van der Waals surface area contributed by atoms with Crippen LogP contribution in [0, 0.1) is 12.7 Å². The zero-order valence-electron chi connectivity index (χ0n) is 12.8. The summed E-state index contributed by atoms with van der Waals surface area (Å²) in [5.74, 6) is -0.228. The maximum absolute atomic E-state index is 13.5. The highest BCUT2D eigenvalue weighted by Gasteiger charge is 2.16. The molecule has 1 aromatic carbocycles. The van der Waals surface area contributed by atoms with E-state index in [1.54, 1.807) is 13.0 Å². The van der Waals surface area contributed by atoms with Crippen LogP contribution < -0.4 is 10.6 Å². The molecule has 0 spiro atoms. The molecule has 0 aliphatic heterocycles. The number of unbranched alkanes of at least 4 members (excludes halogenated alkanes) is 1. The normalized spacial score (nSPS) is 13.8. The van der Waals surface area contributed by atoms with E-state index in [1.165, 1.54) is 6.07 Å². The molecule has 0 bridgehead atoms. The Kier molecular flexibility index (Phi) is 6.65. The van der Waals surface area contributed by atoms with Gasteiger partial charge in [-0.25, -0.2) is 4.39 Å². The molecular formula is C16H25FN2O. The summed E-state index contributed by atoms with van der Waals surface area (Å²) in [6, 6.07) is 4.80. The van der Waals surface area contributed by atoms with E-state index >= 15 is 0 Å². The van der Waals surface area contributed by atoms with E-state index in [0.29, 0.717) is 12.1 Å². The SMILES string of the molecule is CCCCNC(=O)C(C)NC(C)c1ccc(C)c(F)c1. The summed E-state index contributed by atoms with van der Waals surface area (Å²) in [6.45, 7) is 8.28. The van der Waals surface area contributed by atoms with Crippen LogP contribution in [0.1, 0.15) is 50.8 Å². The number of aryl methyl sites for hydroxylation is 1. The number of carbonyl (C=O) groups is 1. The lowest BCUT2D eigenvalue weighted by Crippen LogP contribution is -2.43. The highest BCUT2D eigenvalue weighted by atomic mass is 19.1. The third-order valence-electron chi connectivity index (χ3n) is 3.42. The van der Waals surface area contributed by atoms with Gasteiger partial charge in [0.1, 0.15) is 5.82 Å². The summed E-state index contributed by atoms with van der Waals surface area (Å²) in [5.41, 5.74) is 1.48. The topological polar surface area (TPSA) is 41.1 Å².